The summed E-state index contributed by atoms with van der Waals surface area (Å²) in [5.74, 6) is -0.146. The molecule has 1 fully saturated rings. The Morgan fingerprint density at radius 1 is 1.29 bits per heavy atom. The van der Waals surface area contributed by atoms with Gasteiger partial charge in [-0.1, -0.05) is 11.2 Å². The van der Waals surface area contributed by atoms with Crippen LogP contribution in [0.3, 0.4) is 0 Å². The van der Waals surface area contributed by atoms with Gasteiger partial charge in [-0.05, 0) is 25.0 Å². The lowest BCUT2D eigenvalue weighted by Crippen LogP contribution is -2.14. The molecule has 0 amide bonds. The first-order valence-corrected chi connectivity index (χ1v) is 8.88. The molecular weight excluding hydrogens is 347 g/mol. The Bertz CT molecular complexity index is 911. The van der Waals surface area contributed by atoms with Crippen LogP contribution in [-0.2, 0) is 16.0 Å². The summed E-state index contributed by atoms with van der Waals surface area (Å²) in [6.45, 7) is 0. The van der Waals surface area contributed by atoms with Crippen molar-refractivity contribution in [2.75, 3.05) is 6.26 Å². The van der Waals surface area contributed by atoms with Gasteiger partial charge in [0, 0.05) is 17.7 Å². The van der Waals surface area contributed by atoms with Gasteiger partial charge in [-0.3, -0.25) is 4.79 Å². The van der Waals surface area contributed by atoms with Gasteiger partial charge in [-0.25, -0.2) is 8.42 Å². The summed E-state index contributed by atoms with van der Waals surface area (Å²) in [6.07, 6.45) is -1.28. The van der Waals surface area contributed by atoms with E-state index in [2.05, 4.69) is 5.16 Å². The van der Waals surface area contributed by atoms with Crippen molar-refractivity contribution in [3.05, 3.63) is 46.8 Å². The molecule has 0 radical (unpaired) electrons. The number of carbonyl (C=O) groups excluding carboxylic acids is 1. The summed E-state index contributed by atoms with van der Waals surface area (Å²) in [5, 5.41) is 3.56. The minimum atomic E-state index is -4.84. The molecule has 2 aromatic rings. The minimum absolute atomic E-state index is 0.0790. The van der Waals surface area contributed by atoms with Gasteiger partial charge in [-0.15, -0.1) is 0 Å². The van der Waals surface area contributed by atoms with E-state index < -0.39 is 32.3 Å². The summed E-state index contributed by atoms with van der Waals surface area (Å²) < 4.78 is 67.4. The van der Waals surface area contributed by atoms with Gasteiger partial charge < -0.3 is 4.52 Å². The highest BCUT2D eigenvalue weighted by Gasteiger charge is 2.37. The number of hydrogen-bond donors (Lipinski definition) is 0. The highest BCUT2D eigenvalue weighted by Crippen LogP contribution is 2.42. The molecule has 1 aromatic carbocycles. The van der Waals surface area contributed by atoms with Crippen molar-refractivity contribution in [2.45, 2.75) is 29.8 Å². The lowest BCUT2D eigenvalue weighted by Gasteiger charge is -2.12. The summed E-state index contributed by atoms with van der Waals surface area (Å²) in [6, 6.07) is 2.32. The Morgan fingerprint density at radius 3 is 2.50 bits per heavy atom. The second kappa shape index (κ2) is 5.44. The van der Waals surface area contributed by atoms with E-state index in [0.29, 0.717) is 18.1 Å². The van der Waals surface area contributed by atoms with Gasteiger partial charge in [0.1, 0.15) is 0 Å². The van der Waals surface area contributed by atoms with Crippen LogP contribution in [0, 0.1) is 0 Å². The average Bonchev–Trinajstić information content (AvgIpc) is 3.21. The molecule has 3 rings (SSSR count). The van der Waals surface area contributed by atoms with Crippen molar-refractivity contribution >= 4 is 15.6 Å². The predicted molar refractivity (Wildman–Crippen MR) is 76.5 cm³/mol. The third-order valence-corrected chi connectivity index (χ3v) is 4.88. The molecule has 1 aliphatic carbocycles. The standard InChI is InChI=1S/C15H12F3NO4S/c1-24(21,22)12-6-9(4-5-11(12)15(16,17)18)13(20)10-7-19-23-14(10)8-2-3-8/h4-8H,2-3H2,1H3. The summed E-state index contributed by atoms with van der Waals surface area (Å²) in [5.41, 5.74) is -1.31. The molecule has 1 aliphatic rings. The van der Waals surface area contributed by atoms with E-state index in [-0.39, 0.29) is 17.0 Å². The number of hydrogen-bond acceptors (Lipinski definition) is 5. The zero-order valence-electron chi connectivity index (χ0n) is 12.4. The van der Waals surface area contributed by atoms with E-state index >= 15 is 0 Å². The van der Waals surface area contributed by atoms with Gasteiger partial charge in [0.05, 0.1) is 22.2 Å². The van der Waals surface area contributed by atoms with E-state index in [1.807, 2.05) is 0 Å². The van der Waals surface area contributed by atoms with Crippen LogP contribution in [0.1, 0.15) is 46.0 Å². The van der Waals surface area contributed by atoms with Crippen LogP contribution in [0.25, 0.3) is 0 Å². The van der Waals surface area contributed by atoms with E-state index in [4.69, 9.17) is 4.52 Å². The average molecular weight is 359 g/mol. The SMILES string of the molecule is CS(=O)(=O)c1cc(C(=O)c2cnoc2C2CC2)ccc1C(F)(F)F. The van der Waals surface area contributed by atoms with Crippen molar-refractivity contribution in [1.82, 2.24) is 5.16 Å². The Labute approximate surface area is 135 Å². The van der Waals surface area contributed by atoms with Crippen molar-refractivity contribution in [2.24, 2.45) is 0 Å². The fraction of sp³-hybridized carbons (Fsp3) is 0.333. The molecule has 0 atom stereocenters. The van der Waals surface area contributed by atoms with Crippen LogP contribution in [-0.4, -0.2) is 25.6 Å². The molecule has 0 bridgehead atoms. The maximum Gasteiger partial charge on any atom is 0.417 e. The molecule has 5 nitrogen and oxygen atoms in total. The number of rotatable bonds is 4. The Kier molecular flexibility index (Phi) is 3.78. The first-order valence-electron chi connectivity index (χ1n) is 6.99. The number of aromatic nitrogens is 1. The number of benzene rings is 1. The fourth-order valence-electron chi connectivity index (χ4n) is 2.42. The quantitative estimate of drug-likeness (QED) is 0.784. The number of alkyl halides is 3. The third kappa shape index (κ3) is 3.08. The molecule has 0 N–H and O–H groups in total. The first kappa shape index (κ1) is 16.7. The van der Waals surface area contributed by atoms with Gasteiger partial charge in [0.15, 0.2) is 21.4 Å². The Morgan fingerprint density at radius 2 is 1.96 bits per heavy atom. The van der Waals surface area contributed by atoms with Gasteiger partial charge >= 0.3 is 6.18 Å². The topological polar surface area (TPSA) is 77.2 Å². The number of ketones is 1. The summed E-state index contributed by atoms with van der Waals surface area (Å²) >= 11 is 0. The van der Waals surface area contributed by atoms with Crippen molar-refractivity contribution < 1.29 is 30.9 Å². The van der Waals surface area contributed by atoms with Crippen molar-refractivity contribution in [3.8, 4) is 0 Å². The maximum absolute atomic E-state index is 13.0. The van der Waals surface area contributed by atoms with E-state index in [0.717, 1.165) is 25.0 Å². The molecule has 0 aliphatic heterocycles. The smallest absolute Gasteiger partial charge is 0.360 e. The minimum Gasteiger partial charge on any atom is -0.360 e. The maximum atomic E-state index is 13.0. The zero-order chi connectivity index (χ0) is 17.7. The van der Waals surface area contributed by atoms with E-state index in [1.165, 1.54) is 6.20 Å². The van der Waals surface area contributed by atoms with Crippen LogP contribution in [0.2, 0.25) is 0 Å². The van der Waals surface area contributed by atoms with Crippen LogP contribution < -0.4 is 0 Å². The normalized spacial score (nSPS) is 15.5. The summed E-state index contributed by atoms with van der Waals surface area (Å²) in [7, 11) is -4.17. The number of sulfone groups is 1. The summed E-state index contributed by atoms with van der Waals surface area (Å²) in [4.78, 5) is 11.6. The Hall–Kier alpha value is -2.16. The third-order valence-electron chi connectivity index (χ3n) is 3.74. The Balaban J connectivity index is 2.09. The molecular formula is C15H12F3NO4S. The lowest BCUT2D eigenvalue weighted by molar-refractivity contribution is -0.139. The lowest BCUT2D eigenvalue weighted by atomic mass is 10.0. The number of nitrogens with zero attached hydrogens (tertiary/aromatic N) is 1. The molecule has 1 saturated carbocycles. The van der Waals surface area contributed by atoms with Gasteiger partial charge in [0.25, 0.3) is 0 Å². The second-order valence-corrected chi connectivity index (χ2v) is 7.67. The zero-order valence-corrected chi connectivity index (χ0v) is 13.2. The molecule has 0 spiro atoms. The molecule has 0 saturated heterocycles. The van der Waals surface area contributed by atoms with Crippen molar-refractivity contribution in [3.63, 3.8) is 0 Å². The van der Waals surface area contributed by atoms with Crippen molar-refractivity contribution in [1.29, 1.82) is 0 Å². The van der Waals surface area contributed by atoms with Gasteiger partial charge in [-0.2, -0.15) is 13.2 Å². The molecule has 128 valence electrons. The highest BCUT2D eigenvalue weighted by atomic mass is 32.2. The molecule has 1 heterocycles. The largest absolute Gasteiger partial charge is 0.417 e. The molecule has 24 heavy (non-hydrogen) atoms. The predicted octanol–water partition coefficient (Wildman–Crippen LogP) is 3.21. The molecule has 0 unspecified atom stereocenters. The first-order chi connectivity index (χ1) is 11.1. The number of halogens is 3. The highest BCUT2D eigenvalue weighted by molar-refractivity contribution is 7.90. The molecule has 1 aromatic heterocycles. The van der Waals surface area contributed by atoms with E-state index in [9.17, 15) is 26.4 Å². The van der Waals surface area contributed by atoms with Crippen LogP contribution in [0.5, 0.6) is 0 Å². The number of carbonyl (C=O) groups is 1. The van der Waals surface area contributed by atoms with E-state index in [1.54, 1.807) is 0 Å². The monoisotopic (exact) mass is 359 g/mol. The van der Waals surface area contributed by atoms with Gasteiger partial charge in [0.2, 0.25) is 0 Å². The fourth-order valence-corrected chi connectivity index (χ4v) is 3.34. The van der Waals surface area contributed by atoms with Crippen LogP contribution in [0.4, 0.5) is 13.2 Å². The molecule has 9 heteroatoms. The second-order valence-electron chi connectivity index (χ2n) is 5.69. The van der Waals surface area contributed by atoms with Crippen LogP contribution >= 0.6 is 0 Å². The van der Waals surface area contributed by atoms with Crippen LogP contribution in [0.15, 0.2) is 33.8 Å².